The molecule has 2 rings (SSSR count). The fraction of sp³-hybridized carbons (Fsp3) is 0.562. The van der Waals surface area contributed by atoms with Crippen molar-refractivity contribution in [1.29, 1.82) is 0 Å². The van der Waals surface area contributed by atoms with Crippen LogP contribution in [0.15, 0.2) is 35.5 Å². The van der Waals surface area contributed by atoms with Crippen molar-refractivity contribution in [2.45, 2.75) is 32.1 Å². The fourth-order valence-electron chi connectivity index (χ4n) is 2.96. The van der Waals surface area contributed by atoms with E-state index in [4.69, 9.17) is 10.9 Å². The third kappa shape index (κ3) is 3.73. The van der Waals surface area contributed by atoms with Crippen LogP contribution in [0.5, 0.6) is 0 Å². The molecular weight excluding hydrogens is 250 g/mol. The summed E-state index contributed by atoms with van der Waals surface area (Å²) in [7, 11) is 0. The van der Waals surface area contributed by atoms with Crippen molar-refractivity contribution in [2.75, 3.05) is 19.6 Å². The van der Waals surface area contributed by atoms with E-state index in [1.165, 1.54) is 19.3 Å². The minimum absolute atomic E-state index is 0.0284. The highest BCUT2D eigenvalue weighted by Crippen LogP contribution is 2.23. The molecule has 20 heavy (non-hydrogen) atoms. The van der Waals surface area contributed by atoms with Crippen LogP contribution in [0.4, 0.5) is 0 Å². The molecule has 1 aromatic carbocycles. The predicted octanol–water partition coefficient (Wildman–Crippen LogP) is 2.64. The Kier molecular flexibility index (Phi) is 5.41. The summed E-state index contributed by atoms with van der Waals surface area (Å²) in [4.78, 5) is 2.43. The third-order valence-corrected chi connectivity index (χ3v) is 4.40. The molecule has 1 atom stereocenters. The van der Waals surface area contributed by atoms with Gasteiger partial charge in [0.1, 0.15) is 5.84 Å². The molecule has 1 unspecified atom stereocenters. The van der Waals surface area contributed by atoms with Crippen molar-refractivity contribution in [3.05, 3.63) is 35.9 Å². The number of nitrogens with zero attached hydrogens (tertiary/aromatic N) is 2. The van der Waals surface area contributed by atoms with Crippen LogP contribution in [0.25, 0.3) is 0 Å². The Labute approximate surface area is 121 Å². The number of hydrogen-bond donors (Lipinski definition) is 2. The van der Waals surface area contributed by atoms with Gasteiger partial charge in [0.2, 0.25) is 0 Å². The number of likely N-dealkylation sites (tertiary alicyclic amines) is 1. The molecule has 1 saturated heterocycles. The van der Waals surface area contributed by atoms with Gasteiger partial charge in [-0.25, -0.2) is 0 Å². The van der Waals surface area contributed by atoms with Crippen LogP contribution in [-0.2, 0) is 0 Å². The Morgan fingerprint density at radius 1 is 1.35 bits per heavy atom. The lowest BCUT2D eigenvalue weighted by Gasteiger charge is -2.33. The number of rotatable bonds is 5. The van der Waals surface area contributed by atoms with E-state index in [9.17, 15) is 0 Å². The van der Waals surface area contributed by atoms with Gasteiger partial charge in [0, 0.05) is 6.54 Å². The second kappa shape index (κ2) is 7.29. The highest BCUT2D eigenvalue weighted by atomic mass is 16.4. The maximum atomic E-state index is 9.02. The zero-order valence-corrected chi connectivity index (χ0v) is 12.2. The van der Waals surface area contributed by atoms with Gasteiger partial charge in [-0.3, -0.25) is 0 Å². The van der Waals surface area contributed by atoms with E-state index >= 15 is 0 Å². The minimum Gasteiger partial charge on any atom is -0.409 e. The molecule has 110 valence electrons. The van der Waals surface area contributed by atoms with Crippen LogP contribution in [0.3, 0.4) is 0 Å². The molecule has 1 aliphatic rings. The van der Waals surface area contributed by atoms with E-state index in [1.54, 1.807) is 0 Å². The minimum atomic E-state index is -0.0284. The highest BCUT2D eigenvalue weighted by molar-refractivity contribution is 5.87. The highest BCUT2D eigenvalue weighted by Gasteiger charge is 2.23. The van der Waals surface area contributed by atoms with Gasteiger partial charge < -0.3 is 15.8 Å². The molecule has 4 nitrogen and oxygen atoms in total. The van der Waals surface area contributed by atoms with Gasteiger partial charge in [-0.2, -0.15) is 0 Å². The summed E-state index contributed by atoms with van der Waals surface area (Å²) >= 11 is 0. The second-order valence-electron chi connectivity index (χ2n) is 5.64. The van der Waals surface area contributed by atoms with Crippen molar-refractivity contribution in [3.8, 4) is 0 Å². The van der Waals surface area contributed by atoms with Crippen molar-refractivity contribution in [1.82, 2.24) is 4.90 Å². The van der Waals surface area contributed by atoms with Gasteiger partial charge in [-0.05, 0) is 37.4 Å². The Bertz CT molecular complexity index is 425. The second-order valence-corrected chi connectivity index (χ2v) is 5.64. The van der Waals surface area contributed by atoms with E-state index in [2.05, 4.69) is 17.0 Å². The molecule has 3 N–H and O–H groups in total. The van der Waals surface area contributed by atoms with E-state index in [0.29, 0.717) is 5.84 Å². The Hall–Kier alpha value is -1.55. The van der Waals surface area contributed by atoms with Gasteiger partial charge >= 0.3 is 0 Å². The summed E-state index contributed by atoms with van der Waals surface area (Å²) < 4.78 is 0. The van der Waals surface area contributed by atoms with Gasteiger partial charge in [0.15, 0.2) is 0 Å². The van der Waals surface area contributed by atoms with Crippen molar-refractivity contribution < 1.29 is 5.21 Å². The van der Waals surface area contributed by atoms with Crippen LogP contribution < -0.4 is 5.73 Å². The van der Waals surface area contributed by atoms with Crippen molar-refractivity contribution >= 4 is 5.84 Å². The fourth-order valence-corrected chi connectivity index (χ4v) is 2.96. The maximum absolute atomic E-state index is 9.02. The summed E-state index contributed by atoms with van der Waals surface area (Å²) in [6.07, 6.45) is 3.79. The lowest BCUT2D eigenvalue weighted by Crippen LogP contribution is -2.39. The molecule has 1 heterocycles. The molecule has 0 aromatic heterocycles. The first-order chi connectivity index (χ1) is 9.74. The average molecular weight is 275 g/mol. The molecule has 4 heteroatoms. The summed E-state index contributed by atoms with van der Waals surface area (Å²) in [5.41, 5.74) is 7.00. The molecule has 1 aliphatic heterocycles. The lowest BCUT2D eigenvalue weighted by atomic mass is 9.92. The summed E-state index contributed by atoms with van der Waals surface area (Å²) in [6.45, 7) is 5.32. The molecule has 0 bridgehead atoms. The first-order valence-electron chi connectivity index (χ1n) is 7.49. The smallest absolute Gasteiger partial charge is 0.147 e. The quantitative estimate of drug-likeness (QED) is 0.376. The first-order valence-corrected chi connectivity index (χ1v) is 7.49. The molecular formula is C16H25N3O. The number of hydrogen-bond acceptors (Lipinski definition) is 3. The molecule has 0 saturated carbocycles. The van der Waals surface area contributed by atoms with Crippen LogP contribution >= 0.6 is 0 Å². The summed E-state index contributed by atoms with van der Waals surface area (Å²) in [5.74, 6) is 1.14. The standard InChI is InChI=1S/C16H25N3O/c1-2-13-8-10-19(11-9-13)12-15(16(17)18-20)14-6-4-3-5-7-14/h3-7,13,15,20H,2,8-12H2,1H3,(H2,17,18). The summed E-state index contributed by atoms with van der Waals surface area (Å²) in [5, 5.41) is 12.3. The zero-order chi connectivity index (χ0) is 14.4. The molecule has 1 fully saturated rings. The van der Waals surface area contributed by atoms with E-state index in [1.807, 2.05) is 30.3 Å². The predicted molar refractivity (Wildman–Crippen MR) is 82.0 cm³/mol. The van der Waals surface area contributed by atoms with E-state index in [-0.39, 0.29) is 5.92 Å². The van der Waals surface area contributed by atoms with Gasteiger partial charge in [-0.1, -0.05) is 48.8 Å². The normalized spacial score (nSPS) is 19.9. The molecule has 0 radical (unpaired) electrons. The number of benzene rings is 1. The molecule has 0 spiro atoms. The van der Waals surface area contributed by atoms with E-state index < -0.39 is 0 Å². The zero-order valence-electron chi connectivity index (χ0n) is 12.2. The Balaban J connectivity index is 2.03. The first kappa shape index (κ1) is 14.9. The Morgan fingerprint density at radius 3 is 2.55 bits per heavy atom. The third-order valence-electron chi connectivity index (χ3n) is 4.40. The number of oxime groups is 1. The van der Waals surface area contributed by atoms with Crippen LogP contribution in [0.2, 0.25) is 0 Å². The monoisotopic (exact) mass is 275 g/mol. The van der Waals surface area contributed by atoms with E-state index in [0.717, 1.165) is 31.1 Å². The molecule has 0 aliphatic carbocycles. The lowest BCUT2D eigenvalue weighted by molar-refractivity contribution is 0.179. The topological polar surface area (TPSA) is 61.8 Å². The van der Waals surface area contributed by atoms with Gasteiger partial charge in [-0.15, -0.1) is 0 Å². The van der Waals surface area contributed by atoms with Gasteiger partial charge in [0.25, 0.3) is 0 Å². The summed E-state index contributed by atoms with van der Waals surface area (Å²) in [6, 6.07) is 10.1. The SMILES string of the molecule is CCC1CCN(CC(C(N)=NO)c2ccccc2)CC1. The number of piperidine rings is 1. The molecule has 0 amide bonds. The Morgan fingerprint density at radius 2 is 2.00 bits per heavy atom. The largest absolute Gasteiger partial charge is 0.409 e. The number of amidine groups is 1. The van der Waals surface area contributed by atoms with Crippen LogP contribution in [0, 0.1) is 5.92 Å². The van der Waals surface area contributed by atoms with Gasteiger partial charge in [0.05, 0.1) is 5.92 Å². The van der Waals surface area contributed by atoms with Crippen molar-refractivity contribution in [2.24, 2.45) is 16.8 Å². The van der Waals surface area contributed by atoms with Crippen LogP contribution in [-0.4, -0.2) is 35.6 Å². The maximum Gasteiger partial charge on any atom is 0.147 e. The average Bonchev–Trinajstić information content (AvgIpc) is 2.53. The molecule has 1 aromatic rings. The van der Waals surface area contributed by atoms with Crippen LogP contribution in [0.1, 0.15) is 37.7 Å². The van der Waals surface area contributed by atoms with Crippen molar-refractivity contribution in [3.63, 3.8) is 0 Å². The number of nitrogens with two attached hydrogens (primary N) is 1.